The van der Waals surface area contributed by atoms with Crippen LogP contribution in [0.5, 0.6) is 0 Å². The zero-order chi connectivity index (χ0) is 20.5. The quantitative estimate of drug-likeness (QED) is 0.604. The summed E-state index contributed by atoms with van der Waals surface area (Å²) in [4.78, 5) is 11.8. The maximum atomic E-state index is 12.9. The van der Waals surface area contributed by atoms with Gasteiger partial charge in [0.1, 0.15) is 12.2 Å². The summed E-state index contributed by atoms with van der Waals surface area (Å²) in [6, 6.07) is 6.38. The number of aliphatic hydroxyl groups excluding tert-OH is 2. The van der Waals surface area contributed by atoms with Crippen molar-refractivity contribution in [1.29, 1.82) is 0 Å². The van der Waals surface area contributed by atoms with E-state index in [2.05, 4.69) is 0 Å². The molecule has 1 unspecified atom stereocenters. The first kappa shape index (κ1) is 21.2. The fraction of sp³-hybridized carbons (Fsp3) is 0.500. The Labute approximate surface area is 167 Å². The number of carbonyl (C=O) groups is 1. The number of ether oxygens (including phenoxy) is 2. The standard InChI is InChI=1S/C18H21ClO8S/c19-12-3-1-2-11(6-12)10-28(24,25)16-4-5-18(7-13(16)17(22)23)26-14(8-20)15(9-21)27-18/h1-3,6-7,14-16,20-21H,4-5,8-10H2,(H,22,23)/t14-,15-,16?/m0/s1. The molecule has 1 spiro atoms. The molecule has 3 rings (SSSR count). The fourth-order valence-corrected chi connectivity index (χ4v) is 5.70. The van der Waals surface area contributed by atoms with Gasteiger partial charge in [-0.15, -0.1) is 0 Å². The van der Waals surface area contributed by atoms with Crippen molar-refractivity contribution in [2.24, 2.45) is 0 Å². The van der Waals surface area contributed by atoms with Crippen LogP contribution in [0.1, 0.15) is 18.4 Å². The molecule has 0 amide bonds. The van der Waals surface area contributed by atoms with Crippen molar-refractivity contribution in [2.45, 2.75) is 41.8 Å². The lowest BCUT2D eigenvalue weighted by molar-refractivity contribution is -0.153. The molecule has 2 aliphatic rings. The van der Waals surface area contributed by atoms with Crippen molar-refractivity contribution in [3.63, 3.8) is 0 Å². The molecule has 8 nitrogen and oxygen atoms in total. The Balaban J connectivity index is 1.90. The second-order valence-corrected chi connectivity index (χ2v) is 9.48. The largest absolute Gasteiger partial charge is 0.478 e. The van der Waals surface area contributed by atoms with Gasteiger partial charge in [-0.3, -0.25) is 0 Å². The molecule has 1 aliphatic carbocycles. The summed E-state index contributed by atoms with van der Waals surface area (Å²) in [6.45, 7) is -0.834. The van der Waals surface area contributed by atoms with Crippen LogP contribution in [0.25, 0.3) is 0 Å². The third-order valence-electron chi connectivity index (χ3n) is 4.89. The van der Waals surface area contributed by atoms with Crippen molar-refractivity contribution in [3.8, 4) is 0 Å². The predicted molar refractivity (Wildman–Crippen MR) is 99.5 cm³/mol. The van der Waals surface area contributed by atoms with Gasteiger partial charge in [-0.1, -0.05) is 23.7 Å². The molecule has 1 heterocycles. The highest BCUT2D eigenvalue weighted by Gasteiger charge is 2.51. The van der Waals surface area contributed by atoms with Gasteiger partial charge in [0.15, 0.2) is 15.6 Å². The van der Waals surface area contributed by atoms with Gasteiger partial charge in [0.25, 0.3) is 0 Å². The minimum Gasteiger partial charge on any atom is -0.478 e. The van der Waals surface area contributed by atoms with Crippen LogP contribution < -0.4 is 0 Å². The molecule has 154 valence electrons. The van der Waals surface area contributed by atoms with Crippen LogP contribution in [0.2, 0.25) is 5.02 Å². The minimum absolute atomic E-state index is 0.0304. The Morgan fingerprint density at radius 1 is 1.21 bits per heavy atom. The number of rotatable bonds is 6. The molecule has 1 aromatic carbocycles. The van der Waals surface area contributed by atoms with Crippen molar-refractivity contribution >= 4 is 27.4 Å². The number of aliphatic hydroxyl groups is 2. The molecule has 1 aromatic rings. The molecule has 28 heavy (non-hydrogen) atoms. The summed E-state index contributed by atoms with van der Waals surface area (Å²) in [5.41, 5.74) is 0.120. The third kappa shape index (κ3) is 4.24. The Morgan fingerprint density at radius 3 is 2.39 bits per heavy atom. The molecule has 3 N–H and O–H groups in total. The van der Waals surface area contributed by atoms with E-state index < -0.39 is 52.3 Å². The molecule has 1 fully saturated rings. The van der Waals surface area contributed by atoms with Crippen LogP contribution in [-0.2, 0) is 29.9 Å². The van der Waals surface area contributed by atoms with E-state index in [4.69, 9.17) is 21.1 Å². The minimum atomic E-state index is -3.85. The monoisotopic (exact) mass is 432 g/mol. The van der Waals surface area contributed by atoms with Gasteiger partial charge in [0.05, 0.1) is 29.8 Å². The van der Waals surface area contributed by atoms with E-state index in [1.54, 1.807) is 18.2 Å². The molecule has 3 atom stereocenters. The Morgan fingerprint density at radius 2 is 1.86 bits per heavy atom. The lowest BCUT2D eigenvalue weighted by atomic mass is 9.94. The molecule has 1 saturated heterocycles. The highest BCUT2D eigenvalue weighted by molar-refractivity contribution is 7.91. The van der Waals surface area contributed by atoms with E-state index in [1.807, 2.05) is 0 Å². The normalized spacial score (nSPS) is 27.0. The van der Waals surface area contributed by atoms with Crippen molar-refractivity contribution in [1.82, 2.24) is 0 Å². The first-order valence-corrected chi connectivity index (χ1v) is 10.8. The Hall–Kier alpha value is -1.49. The molecule has 0 saturated carbocycles. The number of hydrogen-bond donors (Lipinski definition) is 3. The lowest BCUT2D eigenvalue weighted by Crippen LogP contribution is -2.41. The van der Waals surface area contributed by atoms with E-state index >= 15 is 0 Å². The molecule has 0 radical (unpaired) electrons. The second kappa shape index (κ2) is 8.10. The van der Waals surface area contributed by atoms with Crippen molar-refractivity contribution < 1.29 is 38.0 Å². The number of sulfone groups is 1. The number of benzene rings is 1. The number of halogens is 1. The first-order valence-electron chi connectivity index (χ1n) is 8.69. The van der Waals surface area contributed by atoms with Crippen LogP contribution in [0.15, 0.2) is 35.9 Å². The van der Waals surface area contributed by atoms with Crippen LogP contribution in [-0.4, -0.2) is 66.2 Å². The number of carboxylic acids is 1. The zero-order valence-electron chi connectivity index (χ0n) is 14.8. The molecular weight excluding hydrogens is 412 g/mol. The van der Waals surface area contributed by atoms with Crippen LogP contribution in [0, 0.1) is 0 Å². The fourth-order valence-electron chi connectivity index (χ4n) is 3.61. The molecule has 10 heteroatoms. The molecule has 1 aliphatic heterocycles. The number of hydrogen-bond acceptors (Lipinski definition) is 7. The highest BCUT2D eigenvalue weighted by Crippen LogP contribution is 2.41. The highest BCUT2D eigenvalue weighted by atomic mass is 35.5. The number of aliphatic carboxylic acids is 1. The van der Waals surface area contributed by atoms with Gasteiger partial charge in [0.2, 0.25) is 0 Å². The first-order chi connectivity index (χ1) is 13.2. The Bertz CT molecular complexity index is 869. The van der Waals surface area contributed by atoms with Crippen molar-refractivity contribution in [3.05, 3.63) is 46.5 Å². The van der Waals surface area contributed by atoms with Gasteiger partial charge < -0.3 is 24.8 Å². The van der Waals surface area contributed by atoms with Crippen LogP contribution >= 0.6 is 11.6 Å². The summed E-state index contributed by atoms with van der Waals surface area (Å²) in [5.74, 6) is -3.22. The number of carboxylic acid groups (broad SMARTS) is 1. The topological polar surface area (TPSA) is 130 Å². The van der Waals surface area contributed by atoms with Gasteiger partial charge >= 0.3 is 5.97 Å². The molecule has 0 bridgehead atoms. The van der Waals surface area contributed by atoms with Crippen LogP contribution in [0.4, 0.5) is 0 Å². The van der Waals surface area contributed by atoms with E-state index in [9.17, 15) is 28.5 Å². The smallest absolute Gasteiger partial charge is 0.332 e. The van der Waals surface area contributed by atoms with Gasteiger partial charge in [-0.2, -0.15) is 0 Å². The van der Waals surface area contributed by atoms with Gasteiger partial charge in [-0.05, 0) is 30.2 Å². The second-order valence-electron chi connectivity index (χ2n) is 6.86. The third-order valence-corrected chi connectivity index (χ3v) is 7.22. The Kier molecular flexibility index (Phi) is 6.14. The van der Waals surface area contributed by atoms with Gasteiger partial charge in [0, 0.05) is 11.4 Å². The van der Waals surface area contributed by atoms with E-state index in [1.165, 1.54) is 6.07 Å². The summed E-state index contributed by atoms with van der Waals surface area (Å²) in [6.07, 6.45) is -0.447. The summed E-state index contributed by atoms with van der Waals surface area (Å²) < 4.78 is 37.1. The molecular formula is C18H21ClO8S. The average molecular weight is 433 g/mol. The van der Waals surface area contributed by atoms with Gasteiger partial charge in [-0.25, -0.2) is 13.2 Å². The summed E-state index contributed by atoms with van der Waals surface area (Å²) in [7, 11) is -3.85. The summed E-state index contributed by atoms with van der Waals surface area (Å²) in [5, 5.41) is 27.5. The SMILES string of the molecule is O=C(O)C1=CC2(CCC1S(=O)(=O)Cc1cccc(Cl)c1)O[C@@H](CO)[C@H](CO)O2. The lowest BCUT2D eigenvalue weighted by Gasteiger charge is -2.33. The molecule has 0 aromatic heterocycles. The zero-order valence-corrected chi connectivity index (χ0v) is 16.4. The van der Waals surface area contributed by atoms with E-state index in [0.717, 1.165) is 6.08 Å². The summed E-state index contributed by atoms with van der Waals surface area (Å²) >= 11 is 5.90. The maximum absolute atomic E-state index is 12.9. The van der Waals surface area contributed by atoms with E-state index in [-0.39, 0.29) is 24.2 Å². The van der Waals surface area contributed by atoms with Crippen LogP contribution in [0.3, 0.4) is 0 Å². The predicted octanol–water partition coefficient (Wildman–Crippen LogP) is 0.893. The average Bonchev–Trinajstić information content (AvgIpc) is 2.98. The van der Waals surface area contributed by atoms with Crippen molar-refractivity contribution in [2.75, 3.05) is 13.2 Å². The maximum Gasteiger partial charge on any atom is 0.332 e. The van der Waals surface area contributed by atoms with E-state index in [0.29, 0.717) is 10.6 Å².